The number of carboxylic acids is 1. The first-order valence-corrected chi connectivity index (χ1v) is 9.59. The molecule has 0 aliphatic carbocycles. The Labute approximate surface area is 179 Å². The molecule has 3 aromatic carbocycles. The molecule has 4 aromatic rings. The second-order valence-electron chi connectivity index (χ2n) is 6.69. The summed E-state index contributed by atoms with van der Waals surface area (Å²) in [5, 5.41) is 9.05. The van der Waals surface area contributed by atoms with E-state index in [-0.39, 0.29) is 5.56 Å². The second-order valence-corrected chi connectivity index (χ2v) is 6.69. The number of aromatic carboxylic acids is 1. The van der Waals surface area contributed by atoms with Gasteiger partial charge >= 0.3 is 5.97 Å². The summed E-state index contributed by atoms with van der Waals surface area (Å²) in [4.78, 5) is 15.6. The van der Waals surface area contributed by atoms with Gasteiger partial charge < -0.3 is 19.1 Å². The molecule has 0 saturated carbocycles. The van der Waals surface area contributed by atoms with E-state index in [0.717, 1.165) is 22.8 Å². The highest BCUT2D eigenvalue weighted by Crippen LogP contribution is 2.26. The molecular weight excluding hydrogens is 392 g/mol. The highest BCUT2D eigenvalue weighted by atomic mass is 16.5. The maximum Gasteiger partial charge on any atom is 0.335 e. The molecule has 31 heavy (non-hydrogen) atoms. The van der Waals surface area contributed by atoms with Crippen LogP contribution in [0, 0.1) is 0 Å². The molecule has 0 amide bonds. The van der Waals surface area contributed by atoms with Crippen molar-refractivity contribution in [2.75, 3.05) is 7.11 Å². The molecule has 0 spiro atoms. The second kappa shape index (κ2) is 9.00. The third-order valence-electron chi connectivity index (χ3n) is 4.63. The standard InChI is InChI=1S/C25H20N2O4/c1-30-23-5-2-6-24(16-23)31-22-13-9-19(10-14-22)26-17-21-4-3-15-27(21)20-11-7-18(8-12-20)25(28)29/h2-17H,1H3,(H,28,29). The van der Waals surface area contributed by atoms with Crippen molar-refractivity contribution in [3.8, 4) is 22.9 Å². The molecule has 1 N–H and O–H groups in total. The zero-order valence-electron chi connectivity index (χ0n) is 16.8. The maximum absolute atomic E-state index is 11.0. The van der Waals surface area contributed by atoms with Gasteiger partial charge in [0, 0.05) is 18.0 Å². The lowest BCUT2D eigenvalue weighted by molar-refractivity contribution is 0.0697. The van der Waals surface area contributed by atoms with Crippen molar-refractivity contribution in [1.82, 2.24) is 4.57 Å². The number of methoxy groups -OCH3 is 1. The van der Waals surface area contributed by atoms with Gasteiger partial charge in [0.15, 0.2) is 0 Å². The summed E-state index contributed by atoms with van der Waals surface area (Å²) in [5.41, 5.74) is 2.77. The summed E-state index contributed by atoms with van der Waals surface area (Å²) in [6.07, 6.45) is 3.67. The van der Waals surface area contributed by atoms with E-state index in [1.165, 1.54) is 0 Å². The molecule has 0 fully saturated rings. The van der Waals surface area contributed by atoms with E-state index in [1.807, 2.05) is 71.4 Å². The molecular formula is C25H20N2O4. The van der Waals surface area contributed by atoms with Crippen molar-refractivity contribution in [3.63, 3.8) is 0 Å². The molecule has 0 radical (unpaired) electrons. The van der Waals surface area contributed by atoms with Crippen LogP contribution >= 0.6 is 0 Å². The van der Waals surface area contributed by atoms with Crippen LogP contribution in [0.2, 0.25) is 0 Å². The normalized spacial score (nSPS) is 10.9. The number of aliphatic imine (C=N–C) groups is 1. The molecule has 0 bridgehead atoms. The van der Waals surface area contributed by atoms with E-state index in [0.29, 0.717) is 11.5 Å². The van der Waals surface area contributed by atoms with Crippen LogP contribution in [-0.4, -0.2) is 29.0 Å². The van der Waals surface area contributed by atoms with Gasteiger partial charge in [0.2, 0.25) is 0 Å². The fraction of sp³-hybridized carbons (Fsp3) is 0.0400. The third-order valence-corrected chi connectivity index (χ3v) is 4.63. The Hall–Kier alpha value is -4.32. The SMILES string of the molecule is COc1cccc(Oc2ccc(N=Cc3cccn3-c3ccc(C(=O)O)cc3)cc2)c1. The minimum atomic E-state index is -0.945. The Morgan fingerprint density at radius 2 is 1.65 bits per heavy atom. The van der Waals surface area contributed by atoms with E-state index < -0.39 is 5.97 Å². The number of carbonyl (C=O) groups is 1. The van der Waals surface area contributed by atoms with E-state index >= 15 is 0 Å². The van der Waals surface area contributed by atoms with Crippen LogP contribution < -0.4 is 9.47 Å². The van der Waals surface area contributed by atoms with Crippen LogP contribution in [0.5, 0.6) is 17.2 Å². The number of rotatable bonds is 7. The number of carboxylic acid groups (broad SMARTS) is 1. The minimum absolute atomic E-state index is 0.252. The van der Waals surface area contributed by atoms with Gasteiger partial charge in [-0.05, 0) is 72.8 Å². The number of benzene rings is 3. The quantitative estimate of drug-likeness (QED) is 0.394. The van der Waals surface area contributed by atoms with Gasteiger partial charge in [-0.25, -0.2) is 4.79 Å². The van der Waals surface area contributed by atoms with Crippen LogP contribution in [0.25, 0.3) is 5.69 Å². The number of ether oxygens (including phenoxy) is 2. The summed E-state index contributed by atoms with van der Waals surface area (Å²) in [6, 6.07) is 25.4. The average molecular weight is 412 g/mol. The molecule has 0 aliphatic rings. The number of aromatic nitrogens is 1. The summed E-state index contributed by atoms with van der Waals surface area (Å²) in [5.74, 6) is 1.19. The Kier molecular flexibility index (Phi) is 5.80. The largest absolute Gasteiger partial charge is 0.497 e. The first kappa shape index (κ1) is 20.0. The first-order valence-electron chi connectivity index (χ1n) is 9.59. The Morgan fingerprint density at radius 3 is 2.35 bits per heavy atom. The van der Waals surface area contributed by atoms with Crippen LogP contribution in [0.15, 0.2) is 96.1 Å². The number of nitrogens with zero attached hydrogens (tertiary/aromatic N) is 2. The zero-order valence-corrected chi connectivity index (χ0v) is 16.8. The van der Waals surface area contributed by atoms with Gasteiger partial charge in [0.25, 0.3) is 0 Å². The Balaban J connectivity index is 1.47. The van der Waals surface area contributed by atoms with Gasteiger partial charge in [-0.2, -0.15) is 0 Å². The van der Waals surface area contributed by atoms with Gasteiger partial charge in [-0.3, -0.25) is 4.99 Å². The van der Waals surface area contributed by atoms with Crippen molar-refractivity contribution in [2.24, 2.45) is 4.99 Å². The lowest BCUT2D eigenvalue weighted by Crippen LogP contribution is -2.00. The summed E-state index contributed by atoms with van der Waals surface area (Å²) in [6.45, 7) is 0. The summed E-state index contributed by atoms with van der Waals surface area (Å²) < 4.78 is 13.0. The fourth-order valence-electron chi connectivity index (χ4n) is 3.04. The van der Waals surface area contributed by atoms with Crippen LogP contribution in [-0.2, 0) is 0 Å². The molecule has 1 aromatic heterocycles. The van der Waals surface area contributed by atoms with E-state index in [9.17, 15) is 4.79 Å². The number of hydrogen-bond acceptors (Lipinski definition) is 4. The van der Waals surface area contributed by atoms with Crippen molar-refractivity contribution in [3.05, 3.63) is 102 Å². The molecule has 0 unspecified atom stereocenters. The van der Waals surface area contributed by atoms with Gasteiger partial charge in [0.05, 0.1) is 30.3 Å². The zero-order chi connectivity index (χ0) is 21.6. The lowest BCUT2D eigenvalue weighted by atomic mass is 10.2. The highest BCUT2D eigenvalue weighted by Gasteiger charge is 2.05. The topological polar surface area (TPSA) is 73.0 Å². The van der Waals surface area contributed by atoms with Crippen molar-refractivity contribution < 1.29 is 19.4 Å². The number of hydrogen-bond donors (Lipinski definition) is 1. The predicted octanol–water partition coefficient (Wildman–Crippen LogP) is 5.73. The summed E-state index contributed by atoms with van der Waals surface area (Å²) >= 11 is 0. The predicted molar refractivity (Wildman–Crippen MR) is 119 cm³/mol. The highest BCUT2D eigenvalue weighted by molar-refractivity contribution is 5.88. The van der Waals surface area contributed by atoms with Gasteiger partial charge in [-0.15, -0.1) is 0 Å². The molecule has 4 rings (SSSR count). The van der Waals surface area contributed by atoms with Gasteiger partial charge in [-0.1, -0.05) is 6.07 Å². The Bertz CT molecular complexity index is 1210. The van der Waals surface area contributed by atoms with Crippen LogP contribution in [0.1, 0.15) is 16.1 Å². The maximum atomic E-state index is 11.0. The van der Waals surface area contributed by atoms with Crippen molar-refractivity contribution in [2.45, 2.75) is 0 Å². The summed E-state index contributed by atoms with van der Waals surface area (Å²) in [7, 11) is 1.62. The average Bonchev–Trinajstić information content (AvgIpc) is 3.27. The van der Waals surface area contributed by atoms with Crippen LogP contribution in [0.4, 0.5) is 5.69 Å². The minimum Gasteiger partial charge on any atom is -0.497 e. The van der Waals surface area contributed by atoms with E-state index in [2.05, 4.69) is 4.99 Å². The molecule has 0 aliphatic heterocycles. The Morgan fingerprint density at radius 1 is 0.903 bits per heavy atom. The van der Waals surface area contributed by atoms with E-state index in [1.54, 1.807) is 37.6 Å². The smallest absolute Gasteiger partial charge is 0.335 e. The third kappa shape index (κ3) is 4.82. The lowest BCUT2D eigenvalue weighted by Gasteiger charge is -2.08. The monoisotopic (exact) mass is 412 g/mol. The van der Waals surface area contributed by atoms with Crippen molar-refractivity contribution in [1.29, 1.82) is 0 Å². The van der Waals surface area contributed by atoms with E-state index in [4.69, 9.17) is 14.6 Å². The van der Waals surface area contributed by atoms with Crippen LogP contribution in [0.3, 0.4) is 0 Å². The molecule has 6 heteroatoms. The van der Waals surface area contributed by atoms with Gasteiger partial charge in [0.1, 0.15) is 17.2 Å². The molecule has 1 heterocycles. The molecule has 6 nitrogen and oxygen atoms in total. The fourth-order valence-corrected chi connectivity index (χ4v) is 3.04. The molecule has 0 saturated heterocycles. The molecule has 154 valence electrons. The van der Waals surface area contributed by atoms with Crippen molar-refractivity contribution >= 4 is 17.9 Å². The first-order chi connectivity index (χ1) is 15.1. The molecule has 0 atom stereocenters.